The molecule has 0 amide bonds. The lowest BCUT2D eigenvalue weighted by Gasteiger charge is -2.41. The van der Waals surface area contributed by atoms with Crippen molar-refractivity contribution in [3.63, 3.8) is 0 Å². The van der Waals surface area contributed by atoms with Gasteiger partial charge in [-0.05, 0) is 58.2 Å². The van der Waals surface area contributed by atoms with Crippen LogP contribution in [0.3, 0.4) is 0 Å². The van der Waals surface area contributed by atoms with Gasteiger partial charge >= 0.3 is 0 Å². The highest BCUT2D eigenvalue weighted by Gasteiger charge is 2.35. The first-order valence-electron chi connectivity index (χ1n) is 12.3. The molecular formula is C26H33N7O. The summed E-state index contributed by atoms with van der Waals surface area (Å²) in [6, 6.07) is 7.31. The number of allylic oxidation sites excluding steroid dienone is 1. The summed E-state index contributed by atoms with van der Waals surface area (Å²) in [6.45, 7) is 11.3. The molecule has 8 heteroatoms. The number of hydrogen-bond acceptors (Lipinski definition) is 6. The van der Waals surface area contributed by atoms with Crippen molar-refractivity contribution >= 4 is 23.3 Å². The van der Waals surface area contributed by atoms with Crippen LogP contribution in [-0.2, 0) is 11.2 Å². The molecule has 1 unspecified atom stereocenters. The minimum Gasteiger partial charge on any atom is -0.367 e. The van der Waals surface area contributed by atoms with E-state index >= 15 is 0 Å². The van der Waals surface area contributed by atoms with Gasteiger partial charge in [0, 0.05) is 37.9 Å². The van der Waals surface area contributed by atoms with Crippen molar-refractivity contribution in [1.29, 1.82) is 0 Å². The second-order valence-corrected chi connectivity index (χ2v) is 9.35. The molecule has 4 heterocycles. The molecule has 2 aliphatic rings. The highest BCUT2D eigenvalue weighted by Crippen LogP contribution is 2.31. The lowest BCUT2D eigenvalue weighted by Crippen LogP contribution is -2.52. The van der Waals surface area contributed by atoms with Crippen molar-refractivity contribution in [2.75, 3.05) is 24.5 Å². The smallest absolute Gasteiger partial charge is 0.219 e. The first kappa shape index (κ1) is 22.5. The van der Waals surface area contributed by atoms with E-state index in [1.807, 2.05) is 49.0 Å². The van der Waals surface area contributed by atoms with Crippen LogP contribution in [0.5, 0.6) is 0 Å². The Hall–Kier alpha value is -3.26. The van der Waals surface area contributed by atoms with E-state index in [1.54, 1.807) is 4.57 Å². The Morgan fingerprint density at radius 1 is 1.24 bits per heavy atom. The maximum Gasteiger partial charge on any atom is 0.219 e. The zero-order valence-electron chi connectivity index (χ0n) is 20.5. The van der Waals surface area contributed by atoms with Gasteiger partial charge in [0.2, 0.25) is 6.41 Å². The third kappa shape index (κ3) is 4.30. The Balaban J connectivity index is 1.44. The van der Waals surface area contributed by atoms with Gasteiger partial charge in [0.25, 0.3) is 0 Å². The number of fused-ring (bicyclic) bond motifs is 1. The number of piperazine rings is 1. The molecule has 5 rings (SSSR count). The molecule has 2 fully saturated rings. The Kier molecular flexibility index (Phi) is 6.08. The molecule has 1 saturated carbocycles. The fourth-order valence-corrected chi connectivity index (χ4v) is 4.98. The van der Waals surface area contributed by atoms with Crippen LogP contribution in [0, 0.1) is 6.92 Å². The molecule has 8 nitrogen and oxygen atoms in total. The summed E-state index contributed by atoms with van der Waals surface area (Å²) in [7, 11) is 0. The molecule has 178 valence electrons. The number of carbonyl (C=O) groups excluding carboxylic acids is 1. The van der Waals surface area contributed by atoms with Gasteiger partial charge in [-0.25, -0.2) is 9.51 Å². The summed E-state index contributed by atoms with van der Waals surface area (Å²) in [5.74, 6) is 0. The second-order valence-electron chi connectivity index (χ2n) is 9.35. The van der Waals surface area contributed by atoms with E-state index in [1.165, 1.54) is 12.8 Å². The van der Waals surface area contributed by atoms with Crippen LogP contribution in [0.1, 0.15) is 50.7 Å². The van der Waals surface area contributed by atoms with E-state index in [0.29, 0.717) is 11.5 Å². The zero-order valence-corrected chi connectivity index (χ0v) is 20.5. The summed E-state index contributed by atoms with van der Waals surface area (Å²) in [4.78, 5) is 26.4. The van der Waals surface area contributed by atoms with Crippen LogP contribution in [-0.4, -0.2) is 62.2 Å². The van der Waals surface area contributed by atoms with Crippen LogP contribution in [0.2, 0.25) is 0 Å². The standard InChI is InChI=1S/C26H33N7O/c1-5-22(24-13-25-23(6-2)27-18(3)14-33(25)29-24)28-26-10-9-21(16-31(26)17-34)30-11-12-32(19(4)15-30)20-7-8-20/h5,9-10,13-14,16-17,19-20H,6-8,11-12,15H2,1-4H3/b22-5-,28-26-. The summed E-state index contributed by atoms with van der Waals surface area (Å²) in [5, 5.41) is 4.73. The van der Waals surface area contributed by atoms with Gasteiger partial charge in [0.1, 0.15) is 11.2 Å². The Morgan fingerprint density at radius 3 is 2.74 bits per heavy atom. The molecule has 0 radical (unpaired) electrons. The number of aromatic nitrogens is 4. The summed E-state index contributed by atoms with van der Waals surface area (Å²) >= 11 is 0. The predicted molar refractivity (Wildman–Crippen MR) is 134 cm³/mol. The molecule has 3 aromatic heterocycles. The second kappa shape index (κ2) is 9.18. The molecular weight excluding hydrogens is 426 g/mol. The SMILES string of the molecule is C/C=C(\N=c1\ccc(N2CCN(C3CC3)C(C)C2)cn1C=O)c1cc2c(CC)nc(C)cn2n1. The van der Waals surface area contributed by atoms with E-state index in [9.17, 15) is 4.79 Å². The van der Waals surface area contributed by atoms with Crippen molar-refractivity contribution in [1.82, 2.24) is 24.1 Å². The number of anilines is 1. The quantitative estimate of drug-likeness (QED) is 0.530. The van der Waals surface area contributed by atoms with E-state index in [-0.39, 0.29) is 0 Å². The Morgan fingerprint density at radius 2 is 2.06 bits per heavy atom. The first-order chi connectivity index (χ1) is 16.5. The molecule has 1 aliphatic carbocycles. The van der Waals surface area contributed by atoms with E-state index in [0.717, 1.165) is 72.5 Å². The van der Waals surface area contributed by atoms with Crippen molar-refractivity contribution in [2.45, 2.75) is 59.0 Å². The highest BCUT2D eigenvalue weighted by atomic mass is 16.1. The lowest BCUT2D eigenvalue weighted by molar-refractivity contribution is 0.180. The van der Waals surface area contributed by atoms with Crippen LogP contribution in [0.4, 0.5) is 5.69 Å². The highest BCUT2D eigenvalue weighted by molar-refractivity contribution is 5.68. The van der Waals surface area contributed by atoms with Crippen LogP contribution in [0.15, 0.2) is 41.7 Å². The van der Waals surface area contributed by atoms with E-state index in [4.69, 9.17) is 10.1 Å². The number of hydrogen-bond donors (Lipinski definition) is 0. The number of nitrogens with zero attached hydrogens (tertiary/aromatic N) is 7. The molecule has 3 aromatic rings. The van der Waals surface area contributed by atoms with Gasteiger partial charge in [-0.3, -0.25) is 19.2 Å². The van der Waals surface area contributed by atoms with E-state index < -0.39 is 0 Å². The van der Waals surface area contributed by atoms with Gasteiger partial charge in [-0.15, -0.1) is 0 Å². The summed E-state index contributed by atoms with van der Waals surface area (Å²) in [5.41, 5.74) is 6.04. The molecule has 0 spiro atoms. The number of carbonyl (C=O) groups is 1. The monoisotopic (exact) mass is 459 g/mol. The van der Waals surface area contributed by atoms with Gasteiger partial charge in [-0.2, -0.15) is 5.10 Å². The number of rotatable bonds is 6. The average molecular weight is 460 g/mol. The van der Waals surface area contributed by atoms with E-state index in [2.05, 4.69) is 34.7 Å². The zero-order chi connectivity index (χ0) is 23.8. The maximum atomic E-state index is 12.0. The van der Waals surface area contributed by atoms with Crippen molar-refractivity contribution < 1.29 is 4.79 Å². The largest absolute Gasteiger partial charge is 0.367 e. The van der Waals surface area contributed by atoms with Crippen LogP contribution in [0.25, 0.3) is 11.2 Å². The molecule has 0 bridgehead atoms. The molecule has 1 atom stereocenters. The molecule has 1 aliphatic heterocycles. The van der Waals surface area contributed by atoms with Crippen molar-refractivity contribution in [2.24, 2.45) is 4.99 Å². The van der Waals surface area contributed by atoms with Crippen LogP contribution >= 0.6 is 0 Å². The van der Waals surface area contributed by atoms with Gasteiger partial charge in [-0.1, -0.05) is 13.0 Å². The van der Waals surface area contributed by atoms with Gasteiger partial charge in [0.15, 0.2) is 0 Å². The Labute approximate surface area is 200 Å². The van der Waals surface area contributed by atoms with Crippen molar-refractivity contribution in [3.05, 3.63) is 59.2 Å². The first-order valence-corrected chi connectivity index (χ1v) is 12.3. The maximum absolute atomic E-state index is 12.0. The molecule has 0 N–H and O–H groups in total. The minimum absolute atomic E-state index is 0.520. The third-order valence-corrected chi connectivity index (χ3v) is 6.87. The molecule has 1 saturated heterocycles. The topological polar surface area (TPSA) is 71.0 Å². The molecule has 34 heavy (non-hydrogen) atoms. The Bertz CT molecular complexity index is 1310. The van der Waals surface area contributed by atoms with Crippen molar-refractivity contribution in [3.8, 4) is 0 Å². The predicted octanol–water partition coefficient (Wildman–Crippen LogP) is 3.07. The number of aryl methyl sites for hydroxylation is 2. The van der Waals surface area contributed by atoms with Gasteiger partial charge < -0.3 is 4.90 Å². The average Bonchev–Trinajstić information content (AvgIpc) is 3.60. The summed E-state index contributed by atoms with van der Waals surface area (Å²) in [6.07, 6.45) is 10.1. The molecule has 0 aromatic carbocycles. The van der Waals surface area contributed by atoms with Crippen LogP contribution < -0.4 is 10.4 Å². The fourth-order valence-electron chi connectivity index (χ4n) is 4.98. The minimum atomic E-state index is 0.520. The van der Waals surface area contributed by atoms with Gasteiger partial charge in [0.05, 0.1) is 34.5 Å². The fraction of sp³-hybridized carbons (Fsp3) is 0.462. The normalized spacial score (nSPS) is 20.4. The number of pyridine rings is 1. The lowest BCUT2D eigenvalue weighted by atomic mass is 10.1. The summed E-state index contributed by atoms with van der Waals surface area (Å²) < 4.78 is 3.44. The third-order valence-electron chi connectivity index (χ3n) is 6.87.